The Balaban J connectivity index is 1.41. The molecule has 3 aromatic carbocycles. The number of hydrogen-bond donors (Lipinski definition) is 5. The normalized spacial score (nSPS) is 10.6. The van der Waals surface area contributed by atoms with Crippen molar-refractivity contribution in [1.29, 1.82) is 0 Å². The number of ether oxygens (including phenoxy) is 1. The number of carbonyl (C=O) groups is 1. The van der Waals surface area contributed by atoms with Gasteiger partial charge in [0, 0.05) is 11.3 Å². The molecule has 0 bridgehead atoms. The molecule has 7 N–H and O–H groups in total. The Kier molecular flexibility index (Phi) is 7.02. The number of phenolic OH excluding ortho intramolecular Hbond substituents is 1. The number of nitrogen functional groups attached to an aromatic ring is 2. The van der Waals surface area contributed by atoms with E-state index in [2.05, 4.69) is 15.7 Å². The lowest BCUT2D eigenvalue weighted by molar-refractivity contribution is 0.102. The third kappa shape index (κ3) is 5.50. The zero-order valence-electron chi connectivity index (χ0n) is 18.4. The van der Waals surface area contributed by atoms with Gasteiger partial charge < -0.3 is 26.3 Å². The van der Waals surface area contributed by atoms with Crippen LogP contribution in [-0.4, -0.2) is 16.0 Å². The van der Waals surface area contributed by atoms with Crippen LogP contribution in [0.15, 0.2) is 84.9 Å². The molecule has 1 amide bonds. The van der Waals surface area contributed by atoms with Crippen LogP contribution >= 0.6 is 0 Å². The first-order valence-electron chi connectivity index (χ1n) is 10.6. The third-order valence-electron chi connectivity index (χ3n) is 5.19. The van der Waals surface area contributed by atoms with Gasteiger partial charge in [-0.2, -0.15) is 0 Å². The number of rotatable bonds is 8. The van der Waals surface area contributed by atoms with Crippen molar-refractivity contribution in [2.24, 2.45) is 5.84 Å². The first-order chi connectivity index (χ1) is 16.5. The van der Waals surface area contributed by atoms with E-state index in [-0.39, 0.29) is 11.3 Å². The summed E-state index contributed by atoms with van der Waals surface area (Å²) < 4.78 is 5.74. The van der Waals surface area contributed by atoms with Crippen molar-refractivity contribution in [2.75, 3.05) is 16.5 Å². The number of amides is 1. The van der Waals surface area contributed by atoms with E-state index in [1.165, 1.54) is 6.07 Å². The number of hydrogen-bond acceptors (Lipinski definition) is 7. The summed E-state index contributed by atoms with van der Waals surface area (Å²) >= 11 is 0. The number of hydrazine groups is 1. The Morgan fingerprint density at radius 2 is 1.62 bits per heavy atom. The van der Waals surface area contributed by atoms with Crippen LogP contribution in [0.25, 0.3) is 11.3 Å². The van der Waals surface area contributed by atoms with Gasteiger partial charge in [-0.3, -0.25) is 4.79 Å². The molecular formula is C26H25N5O3. The third-order valence-corrected chi connectivity index (χ3v) is 5.19. The van der Waals surface area contributed by atoms with E-state index in [0.717, 1.165) is 11.1 Å². The summed E-state index contributed by atoms with van der Waals surface area (Å²) in [6, 6.07) is 25.4. The quantitative estimate of drug-likeness (QED) is 0.197. The molecule has 8 heteroatoms. The van der Waals surface area contributed by atoms with Gasteiger partial charge in [-0.05, 0) is 53.6 Å². The number of nitrogens with zero attached hydrogens (tertiary/aromatic N) is 1. The van der Waals surface area contributed by atoms with Crippen molar-refractivity contribution >= 4 is 23.1 Å². The van der Waals surface area contributed by atoms with E-state index in [0.29, 0.717) is 41.7 Å². The van der Waals surface area contributed by atoms with Crippen molar-refractivity contribution in [3.63, 3.8) is 0 Å². The Bertz CT molecular complexity index is 1280. The van der Waals surface area contributed by atoms with Crippen molar-refractivity contribution < 1.29 is 14.6 Å². The second-order valence-electron chi connectivity index (χ2n) is 7.64. The van der Waals surface area contributed by atoms with E-state index in [1.54, 1.807) is 36.4 Å². The van der Waals surface area contributed by atoms with Gasteiger partial charge in [0.1, 0.15) is 5.75 Å². The maximum absolute atomic E-state index is 12.8. The highest BCUT2D eigenvalue weighted by Crippen LogP contribution is 2.28. The molecule has 0 radical (unpaired) electrons. The summed E-state index contributed by atoms with van der Waals surface area (Å²) in [4.78, 5) is 17.2. The molecule has 8 nitrogen and oxygen atoms in total. The highest BCUT2D eigenvalue weighted by Gasteiger charge is 2.14. The lowest BCUT2D eigenvalue weighted by atomic mass is 10.1. The van der Waals surface area contributed by atoms with E-state index in [4.69, 9.17) is 16.3 Å². The maximum atomic E-state index is 12.8. The van der Waals surface area contributed by atoms with Gasteiger partial charge in [-0.25, -0.2) is 10.8 Å². The molecular weight excluding hydrogens is 430 g/mol. The van der Waals surface area contributed by atoms with Gasteiger partial charge in [0.05, 0.1) is 30.2 Å². The molecule has 4 rings (SSSR count). The Hall–Kier alpha value is -4.40. The summed E-state index contributed by atoms with van der Waals surface area (Å²) in [5.74, 6) is 5.19. The predicted octanol–water partition coefficient (Wildman–Crippen LogP) is 4.29. The van der Waals surface area contributed by atoms with Gasteiger partial charge in [-0.1, -0.05) is 42.5 Å². The molecule has 0 saturated heterocycles. The zero-order valence-corrected chi connectivity index (χ0v) is 18.4. The van der Waals surface area contributed by atoms with Gasteiger partial charge in [0.25, 0.3) is 5.91 Å². The van der Waals surface area contributed by atoms with E-state index in [1.807, 2.05) is 42.5 Å². The molecule has 1 aromatic heterocycles. The van der Waals surface area contributed by atoms with Gasteiger partial charge in [0.15, 0.2) is 5.82 Å². The lowest BCUT2D eigenvalue weighted by Crippen LogP contribution is -2.13. The highest BCUT2D eigenvalue weighted by atomic mass is 16.5. The number of phenols is 1. The van der Waals surface area contributed by atoms with Crippen LogP contribution < -0.4 is 22.3 Å². The number of pyridine rings is 1. The monoisotopic (exact) mass is 455 g/mol. The maximum Gasteiger partial charge on any atom is 0.259 e. The Morgan fingerprint density at radius 1 is 0.912 bits per heavy atom. The summed E-state index contributed by atoms with van der Waals surface area (Å²) in [7, 11) is 0. The van der Waals surface area contributed by atoms with Crippen LogP contribution in [0, 0.1) is 0 Å². The average molecular weight is 456 g/mol. The molecule has 0 atom stereocenters. The second kappa shape index (κ2) is 10.5. The van der Waals surface area contributed by atoms with Gasteiger partial charge in [-0.15, -0.1) is 0 Å². The minimum atomic E-state index is -0.444. The molecule has 0 aliphatic rings. The predicted molar refractivity (Wildman–Crippen MR) is 133 cm³/mol. The number of aromatic nitrogens is 1. The van der Waals surface area contributed by atoms with E-state index >= 15 is 0 Å². The van der Waals surface area contributed by atoms with E-state index < -0.39 is 5.91 Å². The fourth-order valence-corrected chi connectivity index (χ4v) is 3.37. The van der Waals surface area contributed by atoms with Crippen LogP contribution in [0.1, 0.15) is 21.5 Å². The fourth-order valence-electron chi connectivity index (χ4n) is 3.37. The standard InChI is InChI=1S/C26H25N5O3/c27-22-11-12-23(30-25(22)31-28)19-8-13-24(32)21(14-19)26(33)29-20-9-6-18(7-10-20)16-34-15-17-4-2-1-3-5-17/h1-14,32H,15-16,27-28H2,(H,29,33)(H,30,31). The summed E-state index contributed by atoms with van der Waals surface area (Å²) in [5, 5.41) is 13.1. The molecule has 172 valence electrons. The topological polar surface area (TPSA) is 136 Å². The number of benzene rings is 3. The first kappa shape index (κ1) is 22.8. The van der Waals surface area contributed by atoms with Crippen LogP contribution in [-0.2, 0) is 18.0 Å². The number of carbonyl (C=O) groups excluding carboxylic acids is 1. The molecule has 0 fully saturated rings. The SMILES string of the molecule is NNc1nc(-c2ccc(O)c(C(=O)Nc3ccc(COCc4ccccc4)cc3)c2)ccc1N. The van der Waals surface area contributed by atoms with Crippen LogP contribution in [0.3, 0.4) is 0 Å². The van der Waals surface area contributed by atoms with Crippen molar-refractivity contribution in [1.82, 2.24) is 4.98 Å². The number of anilines is 3. The molecule has 0 spiro atoms. The fraction of sp³-hybridized carbons (Fsp3) is 0.0769. The molecule has 0 unspecified atom stereocenters. The molecule has 0 aliphatic carbocycles. The largest absolute Gasteiger partial charge is 0.507 e. The van der Waals surface area contributed by atoms with Gasteiger partial charge >= 0.3 is 0 Å². The van der Waals surface area contributed by atoms with Crippen molar-refractivity contribution in [2.45, 2.75) is 13.2 Å². The van der Waals surface area contributed by atoms with Crippen molar-refractivity contribution in [3.05, 3.63) is 102 Å². The smallest absolute Gasteiger partial charge is 0.259 e. The number of nitrogens with one attached hydrogen (secondary N) is 2. The van der Waals surface area contributed by atoms with E-state index in [9.17, 15) is 9.90 Å². The number of aromatic hydroxyl groups is 1. The Morgan fingerprint density at radius 3 is 2.32 bits per heavy atom. The minimum Gasteiger partial charge on any atom is -0.507 e. The first-order valence-corrected chi connectivity index (χ1v) is 10.6. The minimum absolute atomic E-state index is 0.119. The zero-order chi connectivity index (χ0) is 23.9. The molecule has 1 heterocycles. The Labute approximate surface area is 197 Å². The second-order valence-corrected chi connectivity index (χ2v) is 7.64. The molecule has 0 saturated carbocycles. The molecule has 4 aromatic rings. The number of nitrogens with two attached hydrogens (primary N) is 2. The van der Waals surface area contributed by atoms with Gasteiger partial charge in [0.2, 0.25) is 0 Å². The van der Waals surface area contributed by atoms with Crippen LogP contribution in [0.4, 0.5) is 17.2 Å². The summed E-state index contributed by atoms with van der Waals surface area (Å²) in [5.41, 5.74) is 12.6. The van der Waals surface area contributed by atoms with Crippen LogP contribution in [0.2, 0.25) is 0 Å². The molecule has 34 heavy (non-hydrogen) atoms. The summed E-state index contributed by atoms with van der Waals surface area (Å²) in [6.45, 7) is 0.987. The average Bonchev–Trinajstić information content (AvgIpc) is 2.86. The highest BCUT2D eigenvalue weighted by molar-refractivity contribution is 6.06. The lowest BCUT2D eigenvalue weighted by Gasteiger charge is -2.11. The summed E-state index contributed by atoms with van der Waals surface area (Å²) in [6.07, 6.45) is 0. The van der Waals surface area contributed by atoms with Crippen LogP contribution in [0.5, 0.6) is 5.75 Å². The molecule has 0 aliphatic heterocycles. The van der Waals surface area contributed by atoms with Crippen molar-refractivity contribution in [3.8, 4) is 17.0 Å².